The Kier molecular flexibility index (Phi) is 5.46. The molecule has 0 radical (unpaired) electrons. The van der Waals surface area contributed by atoms with Gasteiger partial charge in [0.25, 0.3) is 0 Å². The first-order valence-electron chi connectivity index (χ1n) is 7.38. The predicted molar refractivity (Wildman–Crippen MR) is 80.5 cm³/mol. The topological polar surface area (TPSA) is 21.3 Å². The number of allylic oxidation sites excluding steroid dienone is 1. The monoisotopic (exact) mass is 259 g/mol. The van der Waals surface area contributed by atoms with Crippen molar-refractivity contribution in [3.8, 4) is 5.75 Å². The van der Waals surface area contributed by atoms with Crippen LogP contribution in [0.25, 0.3) is 0 Å². The molecule has 0 atom stereocenters. The number of hydrogen-bond acceptors (Lipinski definition) is 2. The fourth-order valence-corrected chi connectivity index (χ4v) is 2.40. The Morgan fingerprint density at radius 3 is 2.63 bits per heavy atom. The first kappa shape index (κ1) is 14.1. The van der Waals surface area contributed by atoms with E-state index in [0.29, 0.717) is 0 Å². The van der Waals surface area contributed by atoms with Crippen molar-refractivity contribution in [3.05, 3.63) is 41.5 Å². The van der Waals surface area contributed by atoms with Gasteiger partial charge in [-0.25, -0.2) is 0 Å². The lowest BCUT2D eigenvalue weighted by Crippen LogP contribution is -2.15. The molecular weight excluding hydrogens is 234 g/mol. The van der Waals surface area contributed by atoms with Crippen molar-refractivity contribution in [3.63, 3.8) is 0 Å². The first-order chi connectivity index (χ1) is 9.24. The van der Waals surface area contributed by atoms with Gasteiger partial charge in [0.05, 0.1) is 6.10 Å². The van der Waals surface area contributed by atoms with E-state index in [1.54, 1.807) is 5.57 Å². The smallest absolute Gasteiger partial charge is 0.119 e. The second kappa shape index (κ2) is 7.34. The minimum atomic E-state index is 0.240. The summed E-state index contributed by atoms with van der Waals surface area (Å²) in [6.45, 7) is 6.12. The molecule has 0 unspecified atom stereocenters. The van der Waals surface area contributed by atoms with Crippen LogP contribution in [0.4, 0.5) is 0 Å². The van der Waals surface area contributed by atoms with Gasteiger partial charge >= 0.3 is 0 Å². The molecule has 1 aromatic rings. The molecule has 0 spiro atoms. The van der Waals surface area contributed by atoms with E-state index in [4.69, 9.17) is 4.74 Å². The van der Waals surface area contributed by atoms with Crippen molar-refractivity contribution in [2.24, 2.45) is 0 Å². The summed E-state index contributed by atoms with van der Waals surface area (Å²) in [4.78, 5) is 0. The maximum Gasteiger partial charge on any atom is 0.119 e. The lowest BCUT2D eigenvalue weighted by atomic mass is 10.1. The molecule has 2 nitrogen and oxygen atoms in total. The van der Waals surface area contributed by atoms with Gasteiger partial charge in [0.1, 0.15) is 5.75 Å². The van der Waals surface area contributed by atoms with Crippen molar-refractivity contribution in [2.45, 2.75) is 52.2 Å². The highest BCUT2D eigenvalue weighted by Gasteiger charge is 2.03. The van der Waals surface area contributed by atoms with Crippen LogP contribution in [0.1, 0.15) is 45.1 Å². The first-order valence-corrected chi connectivity index (χ1v) is 7.38. The number of nitrogens with one attached hydrogen (secondary N) is 1. The number of benzene rings is 1. The zero-order chi connectivity index (χ0) is 13.5. The molecule has 0 bridgehead atoms. The Morgan fingerprint density at radius 2 is 2.00 bits per heavy atom. The molecular formula is C17H25NO. The van der Waals surface area contributed by atoms with Crippen LogP contribution >= 0.6 is 0 Å². The van der Waals surface area contributed by atoms with Crippen LogP contribution in [0.3, 0.4) is 0 Å². The molecule has 1 aliphatic carbocycles. The summed E-state index contributed by atoms with van der Waals surface area (Å²) in [5, 5.41) is 3.51. The van der Waals surface area contributed by atoms with Crippen molar-refractivity contribution in [1.82, 2.24) is 5.32 Å². The minimum Gasteiger partial charge on any atom is -0.491 e. The quantitative estimate of drug-likeness (QED) is 0.589. The van der Waals surface area contributed by atoms with Crippen molar-refractivity contribution in [2.75, 3.05) is 6.54 Å². The lowest BCUT2D eigenvalue weighted by Gasteiger charge is -2.10. The van der Waals surface area contributed by atoms with Crippen LogP contribution in [-0.2, 0) is 6.54 Å². The molecule has 0 aliphatic heterocycles. The van der Waals surface area contributed by atoms with Gasteiger partial charge < -0.3 is 10.1 Å². The average molecular weight is 259 g/mol. The molecule has 2 rings (SSSR count). The second-order valence-corrected chi connectivity index (χ2v) is 5.49. The molecule has 0 aromatic heterocycles. The van der Waals surface area contributed by atoms with Gasteiger partial charge in [-0.3, -0.25) is 0 Å². The Morgan fingerprint density at radius 1 is 1.21 bits per heavy atom. The highest BCUT2D eigenvalue weighted by Crippen LogP contribution is 2.19. The molecule has 19 heavy (non-hydrogen) atoms. The van der Waals surface area contributed by atoms with Crippen molar-refractivity contribution >= 4 is 0 Å². The van der Waals surface area contributed by atoms with Crippen molar-refractivity contribution in [1.29, 1.82) is 0 Å². The highest BCUT2D eigenvalue weighted by molar-refractivity contribution is 5.27. The van der Waals surface area contributed by atoms with E-state index in [1.165, 1.54) is 31.2 Å². The molecule has 1 aliphatic rings. The molecule has 0 fully saturated rings. The highest BCUT2D eigenvalue weighted by atomic mass is 16.5. The van der Waals surface area contributed by atoms with Crippen LogP contribution in [-0.4, -0.2) is 12.6 Å². The Hall–Kier alpha value is -1.28. The average Bonchev–Trinajstić information content (AvgIpc) is 2.89. The van der Waals surface area contributed by atoms with E-state index in [0.717, 1.165) is 18.8 Å². The normalized spacial score (nSPS) is 14.8. The third-order valence-electron chi connectivity index (χ3n) is 3.38. The standard InChI is InChI=1S/C17H25NO/c1-14(2)19-17-9-7-16(8-10-17)13-18-12-11-15-5-3-4-6-15/h5,7-10,14,18H,3-4,6,11-13H2,1-2H3. The van der Waals surface area contributed by atoms with Gasteiger partial charge in [0, 0.05) is 6.54 Å². The van der Waals surface area contributed by atoms with Crippen molar-refractivity contribution < 1.29 is 4.74 Å². The van der Waals surface area contributed by atoms with Crippen LogP contribution in [0.2, 0.25) is 0 Å². The zero-order valence-corrected chi connectivity index (χ0v) is 12.1. The summed E-state index contributed by atoms with van der Waals surface area (Å²) in [6, 6.07) is 8.38. The molecule has 0 saturated heterocycles. The summed E-state index contributed by atoms with van der Waals surface area (Å²) in [5.74, 6) is 0.954. The van der Waals surface area contributed by atoms with Crippen LogP contribution in [0, 0.1) is 0 Å². The number of ether oxygens (including phenoxy) is 1. The molecule has 2 heteroatoms. The van der Waals surface area contributed by atoms with Gasteiger partial charge in [0.15, 0.2) is 0 Å². The summed E-state index contributed by atoms with van der Waals surface area (Å²) < 4.78 is 5.63. The van der Waals surface area contributed by atoms with Gasteiger partial charge in [0.2, 0.25) is 0 Å². The van der Waals surface area contributed by atoms with Crippen LogP contribution in [0.5, 0.6) is 5.75 Å². The van der Waals surface area contributed by atoms with Crippen LogP contribution in [0.15, 0.2) is 35.9 Å². The molecule has 0 amide bonds. The fourth-order valence-electron chi connectivity index (χ4n) is 2.40. The molecule has 0 saturated carbocycles. The molecule has 0 heterocycles. The Bertz CT molecular complexity index is 406. The maximum absolute atomic E-state index is 5.63. The van der Waals surface area contributed by atoms with E-state index in [2.05, 4.69) is 35.7 Å². The zero-order valence-electron chi connectivity index (χ0n) is 12.1. The summed E-state index contributed by atoms with van der Waals surface area (Å²) in [6.07, 6.45) is 7.79. The van der Waals surface area contributed by atoms with E-state index in [1.807, 2.05) is 13.8 Å². The number of rotatable bonds is 7. The summed E-state index contributed by atoms with van der Waals surface area (Å²) in [5.41, 5.74) is 2.95. The summed E-state index contributed by atoms with van der Waals surface area (Å²) >= 11 is 0. The SMILES string of the molecule is CC(C)Oc1ccc(CNCCC2=CCCC2)cc1. The van der Waals surface area contributed by atoms with Gasteiger partial charge in [-0.15, -0.1) is 0 Å². The van der Waals surface area contributed by atoms with E-state index >= 15 is 0 Å². The molecule has 1 N–H and O–H groups in total. The van der Waals surface area contributed by atoms with Gasteiger partial charge in [-0.1, -0.05) is 23.8 Å². The largest absolute Gasteiger partial charge is 0.491 e. The second-order valence-electron chi connectivity index (χ2n) is 5.49. The van der Waals surface area contributed by atoms with E-state index in [-0.39, 0.29) is 6.10 Å². The lowest BCUT2D eigenvalue weighted by molar-refractivity contribution is 0.242. The minimum absolute atomic E-state index is 0.240. The molecule has 1 aromatic carbocycles. The Balaban J connectivity index is 1.67. The number of hydrogen-bond donors (Lipinski definition) is 1. The molecule has 104 valence electrons. The van der Waals surface area contributed by atoms with E-state index in [9.17, 15) is 0 Å². The predicted octanol–water partition coefficient (Wildman–Crippen LogP) is 4.06. The van der Waals surface area contributed by atoms with Crippen LogP contribution < -0.4 is 10.1 Å². The van der Waals surface area contributed by atoms with E-state index < -0.39 is 0 Å². The van der Waals surface area contributed by atoms with Gasteiger partial charge in [-0.05, 0) is 63.8 Å². The summed E-state index contributed by atoms with van der Waals surface area (Å²) in [7, 11) is 0. The maximum atomic E-state index is 5.63. The third-order valence-corrected chi connectivity index (χ3v) is 3.38. The fraction of sp³-hybridized carbons (Fsp3) is 0.529. The third kappa shape index (κ3) is 5.07. The Labute approximate surface area is 116 Å². The van der Waals surface area contributed by atoms with Gasteiger partial charge in [-0.2, -0.15) is 0 Å².